The molecule has 7 nitrogen and oxygen atoms in total. The normalized spacial score (nSPS) is 11.6. The van der Waals surface area contributed by atoms with Crippen molar-refractivity contribution in [3.05, 3.63) is 89.3 Å². The fourth-order valence-electron chi connectivity index (χ4n) is 3.29. The molecule has 0 saturated carbocycles. The molecule has 2 aromatic carbocycles. The predicted molar refractivity (Wildman–Crippen MR) is 121 cm³/mol. The molecule has 158 valence electrons. The lowest BCUT2D eigenvalue weighted by Gasteiger charge is -2.21. The summed E-state index contributed by atoms with van der Waals surface area (Å²) in [6.07, 6.45) is 1.74. The molecular formula is C23H23N5O2S. The van der Waals surface area contributed by atoms with Gasteiger partial charge in [-0.2, -0.15) is 9.50 Å². The molecule has 0 aliphatic rings. The zero-order valence-electron chi connectivity index (χ0n) is 17.6. The second kappa shape index (κ2) is 7.96. The Balaban J connectivity index is 1.84. The summed E-state index contributed by atoms with van der Waals surface area (Å²) >= 11 is 0. The van der Waals surface area contributed by atoms with Crippen molar-refractivity contribution in [1.29, 1.82) is 0 Å². The van der Waals surface area contributed by atoms with Crippen molar-refractivity contribution in [2.75, 3.05) is 4.31 Å². The summed E-state index contributed by atoms with van der Waals surface area (Å²) in [7, 11) is -3.91. The fourth-order valence-corrected chi connectivity index (χ4v) is 4.63. The van der Waals surface area contributed by atoms with Crippen molar-refractivity contribution in [3.63, 3.8) is 0 Å². The van der Waals surface area contributed by atoms with Crippen LogP contribution in [-0.2, 0) is 16.6 Å². The summed E-state index contributed by atoms with van der Waals surface area (Å²) in [6.45, 7) is 9.50. The van der Waals surface area contributed by atoms with E-state index in [0.717, 1.165) is 28.1 Å². The largest absolute Gasteiger partial charge is 0.267 e. The molecule has 2 aromatic heterocycles. The molecule has 0 spiro atoms. The lowest BCUT2D eigenvalue weighted by atomic mass is 10.1. The molecule has 0 bridgehead atoms. The maximum atomic E-state index is 13.6. The fraction of sp³-hybridized carbons (Fsp3) is 0.174. The van der Waals surface area contributed by atoms with E-state index in [1.807, 2.05) is 51.1 Å². The lowest BCUT2D eigenvalue weighted by molar-refractivity contribution is 0.589. The summed E-state index contributed by atoms with van der Waals surface area (Å²) in [5.74, 6) is 0.438. The maximum absolute atomic E-state index is 13.6. The van der Waals surface area contributed by atoms with Crippen LogP contribution in [0.25, 0.3) is 11.9 Å². The summed E-state index contributed by atoms with van der Waals surface area (Å²) in [5.41, 5.74) is 4.35. The van der Waals surface area contributed by atoms with Crippen LogP contribution in [-0.4, -0.2) is 28.0 Å². The van der Waals surface area contributed by atoms with Gasteiger partial charge in [-0.05, 0) is 50.1 Å². The van der Waals surface area contributed by atoms with Gasteiger partial charge >= 0.3 is 0 Å². The average molecular weight is 434 g/mol. The maximum Gasteiger partial charge on any atom is 0.267 e. The number of sulfonamides is 1. The molecule has 31 heavy (non-hydrogen) atoms. The monoisotopic (exact) mass is 433 g/mol. The van der Waals surface area contributed by atoms with Gasteiger partial charge in [0.2, 0.25) is 0 Å². The quantitative estimate of drug-likeness (QED) is 0.458. The van der Waals surface area contributed by atoms with Crippen LogP contribution in [0.4, 0.5) is 5.95 Å². The van der Waals surface area contributed by atoms with Gasteiger partial charge in [-0.3, -0.25) is 0 Å². The molecule has 0 atom stereocenters. The summed E-state index contributed by atoms with van der Waals surface area (Å²) in [6, 6.07) is 16.2. The highest BCUT2D eigenvalue weighted by atomic mass is 32.2. The Morgan fingerprint density at radius 3 is 2.32 bits per heavy atom. The Bertz CT molecular complexity index is 1360. The van der Waals surface area contributed by atoms with Crippen LogP contribution in [0.5, 0.6) is 0 Å². The van der Waals surface area contributed by atoms with Crippen LogP contribution < -0.4 is 4.31 Å². The Kier molecular flexibility index (Phi) is 5.32. The minimum Gasteiger partial charge on any atom is -0.228 e. The van der Waals surface area contributed by atoms with Crippen molar-refractivity contribution in [2.24, 2.45) is 0 Å². The molecular weight excluding hydrogens is 410 g/mol. The second-order valence-corrected chi connectivity index (χ2v) is 9.30. The van der Waals surface area contributed by atoms with E-state index in [1.54, 1.807) is 34.9 Å². The summed E-state index contributed by atoms with van der Waals surface area (Å²) in [4.78, 5) is 9.02. The Morgan fingerprint density at radius 2 is 1.68 bits per heavy atom. The molecule has 0 saturated heterocycles. The topological polar surface area (TPSA) is 80.5 Å². The van der Waals surface area contributed by atoms with Crippen LogP contribution in [0.15, 0.2) is 66.1 Å². The molecule has 0 fully saturated rings. The van der Waals surface area contributed by atoms with E-state index < -0.39 is 10.0 Å². The van der Waals surface area contributed by atoms with E-state index in [-0.39, 0.29) is 17.4 Å². The third-order valence-electron chi connectivity index (χ3n) is 4.98. The molecule has 2 heterocycles. The van der Waals surface area contributed by atoms with Crippen molar-refractivity contribution in [3.8, 4) is 0 Å². The molecule has 0 amide bonds. The van der Waals surface area contributed by atoms with Gasteiger partial charge in [-0.25, -0.2) is 17.7 Å². The van der Waals surface area contributed by atoms with Crippen LogP contribution >= 0.6 is 0 Å². The van der Waals surface area contributed by atoms with Crippen LogP contribution in [0.3, 0.4) is 0 Å². The SMILES string of the molecule is C=Cc1ccc(CN(c2nc3nc(C)cc(C)n3n2)S(=O)(=O)c2ccc(C)cc2)cc1. The van der Waals surface area contributed by atoms with E-state index in [2.05, 4.69) is 21.6 Å². The number of aromatic nitrogens is 4. The van der Waals surface area contributed by atoms with Gasteiger partial charge in [-0.15, -0.1) is 5.10 Å². The van der Waals surface area contributed by atoms with Crippen molar-refractivity contribution >= 4 is 27.8 Å². The zero-order chi connectivity index (χ0) is 22.2. The molecule has 8 heteroatoms. The lowest BCUT2D eigenvalue weighted by Crippen LogP contribution is -2.31. The van der Waals surface area contributed by atoms with Gasteiger partial charge in [0.25, 0.3) is 21.7 Å². The van der Waals surface area contributed by atoms with Gasteiger partial charge in [-0.1, -0.05) is 54.6 Å². The number of rotatable bonds is 6. The van der Waals surface area contributed by atoms with Gasteiger partial charge in [0.1, 0.15) is 0 Å². The Morgan fingerprint density at radius 1 is 1.00 bits per heavy atom. The summed E-state index contributed by atoms with van der Waals surface area (Å²) < 4.78 is 30.0. The molecule has 4 aromatic rings. The second-order valence-electron chi connectivity index (χ2n) is 7.43. The number of fused-ring (bicyclic) bond motifs is 1. The van der Waals surface area contributed by atoms with Gasteiger partial charge < -0.3 is 0 Å². The number of anilines is 1. The molecule has 0 unspecified atom stereocenters. The first-order valence-electron chi connectivity index (χ1n) is 9.80. The summed E-state index contributed by atoms with van der Waals surface area (Å²) in [5, 5.41) is 4.47. The smallest absolute Gasteiger partial charge is 0.228 e. The first-order valence-corrected chi connectivity index (χ1v) is 11.2. The third kappa shape index (κ3) is 4.06. The van der Waals surface area contributed by atoms with E-state index in [9.17, 15) is 8.42 Å². The van der Waals surface area contributed by atoms with Gasteiger partial charge in [0.05, 0.1) is 11.4 Å². The van der Waals surface area contributed by atoms with Crippen LogP contribution in [0, 0.1) is 20.8 Å². The van der Waals surface area contributed by atoms with Crippen LogP contribution in [0.1, 0.15) is 28.1 Å². The van der Waals surface area contributed by atoms with E-state index in [0.29, 0.717) is 5.78 Å². The minimum atomic E-state index is -3.91. The highest BCUT2D eigenvalue weighted by Gasteiger charge is 2.29. The zero-order valence-corrected chi connectivity index (χ0v) is 18.5. The molecule has 0 radical (unpaired) electrons. The number of hydrogen-bond donors (Lipinski definition) is 0. The first-order chi connectivity index (χ1) is 14.8. The standard InChI is InChI=1S/C23H23N5O2S/c1-5-19-8-10-20(11-9-19)15-27(31(29,30)21-12-6-16(2)7-13-21)23-25-22-24-17(3)14-18(4)28(22)26-23/h5-14H,1,15H2,2-4H3. The predicted octanol–water partition coefficient (Wildman–Crippen LogP) is 4.09. The first kappa shape index (κ1) is 20.7. The van der Waals surface area contributed by atoms with E-state index >= 15 is 0 Å². The third-order valence-corrected chi connectivity index (χ3v) is 6.72. The van der Waals surface area contributed by atoms with E-state index in [1.165, 1.54) is 4.31 Å². The number of nitrogens with zero attached hydrogens (tertiary/aromatic N) is 5. The number of aryl methyl sites for hydroxylation is 3. The molecule has 0 aliphatic carbocycles. The average Bonchev–Trinajstić information content (AvgIpc) is 3.16. The minimum absolute atomic E-state index is 0.0783. The van der Waals surface area contributed by atoms with Gasteiger partial charge in [0, 0.05) is 11.4 Å². The number of benzene rings is 2. The van der Waals surface area contributed by atoms with E-state index in [4.69, 9.17) is 0 Å². The molecule has 4 rings (SSSR count). The van der Waals surface area contributed by atoms with Crippen molar-refractivity contribution < 1.29 is 8.42 Å². The molecule has 0 N–H and O–H groups in total. The highest BCUT2D eigenvalue weighted by molar-refractivity contribution is 7.92. The molecule has 0 aliphatic heterocycles. The highest BCUT2D eigenvalue weighted by Crippen LogP contribution is 2.25. The van der Waals surface area contributed by atoms with Crippen molar-refractivity contribution in [1.82, 2.24) is 19.6 Å². The Labute approximate surface area is 181 Å². The van der Waals surface area contributed by atoms with Gasteiger partial charge in [0.15, 0.2) is 0 Å². The number of hydrogen-bond acceptors (Lipinski definition) is 5. The van der Waals surface area contributed by atoms with Crippen LogP contribution in [0.2, 0.25) is 0 Å². The Hall–Kier alpha value is -3.52. The van der Waals surface area contributed by atoms with Crippen molar-refractivity contribution in [2.45, 2.75) is 32.2 Å².